The predicted octanol–water partition coefficient (Wildman–Crippen LogP) is 1.80. The Balaban J connectivity index is 2.06. The van der Waals surface area contributed by atoms with Gasteiger partial charge in [-0.2, -0.15) is 0 Å². The van der Waals surface area contributed by atoms with Gasteiger partial charge in [-0.05, 0) is 24.8 Å². The Bertz CT molecular complexity index is 383. The fourth-order valence-corrected chi connectivity index (χ4v) is 3.69. The molecule has 3 heteroatoms. The summed E-state index contributed by atoms with van der Waals surface area (Å²) in [6.07, 6.45) is 5.26. The van der Waals surface area contributed by atoms with E-state index in [2.05, 4.69) is 19.9 Å². The molecule has 2 fully saturated rings. The second-order valence-corrected chi connectivity index (χ2v) is 5.97. The van der Waals surface area contributed by atoms with Gasteiger partial charge in [-0.15, -0.1) is 0 Å². The van der Waals surface area contributed by atoms with Crippen molar-refractivity contribution in [2.75, 3.05) is 0 Å². The zero-order valence-electron chi connectivity index (χ0n) is 9.82. The van der Waals surface area contributed by atoms with Crippen LogP contribution in [0.15, 0.2) is 11.6 Å². The van der Waals surface area contributed by atoms with Gasteiger partial charge in [-0.1, -0.05) is 19.9 Å². The van der Waals surface area contributed by atoms with Gasteiger partial charge in [0.05, 0.1) is 6.42 Å². The zero-order chi connectivity index (χ0) is 11.6. The third-order valence-corrected chi connectivity index (χ3v) is 4.65. The van der Waals surface area contributed by atoms with Gasteiger partial charge in [0.25, 0.3) is 0 Å². The maximum atomic E-state index is 11.3. The van der Waals surface area contributed by atoms with Crippen LogP contribution in [0.25, 0.3) is 0 Å². The normalized spacial score (nSPS) is 44.7. The molecule has 0 amide bonds. The number of rotatable bonds is 0. The van der Waals surface area contributed by atoms with Gasteiger partial charge in [0, 0.05) is 11.3 Å². The van der Waals surface area contributed by atoms with E-state index >= 15 is 0 Å². The van der Waals surface area contributed by atoms with Crippen molar-refractivity contribution in [3.05, 3.63) is 11.6 Å². The molecule has 0 bridgehead atoms. The minimum absolute atomic E-state index is 0.102. The van der Waals surface area contributed by atoms with E-state index in [9.17, 15) is 9.90 Å². The average molecular weight is 222 g/mol. The van der Waals surface area contributed by atoms with Crippen molar-refractivity contribution in [1.29, 1.82) is 0 Å². The Morgan fingerprint density at radius 2 is 2.25 bits per heavy atom. The first-order valence-electron chi connectivity index (χ1n) is 6.08. The van der Waals surface area contributed by atoms with Crippen molar-refractivity contribution in [2.24, 2.45) is 11.3 Å². The van der Waals surface area contributed by atoms with Crippen LogP contribution < -0.4 is 0 Å². The molecule has 88 valence electrons. The molecule has 3 rings (SSSR count). The number of ether oxygens (including phenoxy) is 1. The molecule has 0 spiro atoms. The summed E-state index contributed by atoms with van der Waals surface area (Å²) in [5, 5.41) is 11.0. The third-order valence-electron chi connectivity index (χ3n) is 4.65. The molecule has 16 heavy (non-hydrogen) atoms. The number of carbonyl (C=O) groups excluding carboxylic acids is 1. The van der Waals surface area contributed by atoms with Crippen molar-refractivity contribution in [1.82, 2.24) is 0 Å². The van der Waals surface area contributed by atoms with Crippen LogP contribution in [0.5, 0.6) is 0 Å². The molecular formula is C13H18O3. The molecule has 1 saturated heterocycles. The first-order valence-corrected chi connectivity index (χ1v) is 6.08. The first-order chi connectivity index (χ1) is 7.45. The Labute approximate surface area is 95.5 Å². The minimum atomic E-state index is -0.915. The van der Waals surface area contributed by atoms with E-state index in [0.717, 1.165) is 24.8 Å². The maximum absolute atomic E-state index is 11.3. The van der Waals surface area contributed by atoms with Gasteiger partial charge in [0.15, 0.2) is 0 Å². The summed E-state index contributed by atoms with van der Waals surface area (Å²) in [7, 11) is 0. The van der Waals surface area contributed by atoms with Crippen molar-refractivity contribution in [2.45, 2.75) is 51.2 Å². The van der Waals surface area contributed by atoms with Crippen LogP contribution in [0.4, 0.5) is 0 Å². The van der Waals surface area contributed by atoms with Crippen molar-refractivity contribution in [3.63, 3.8) is 0 Å². The van der Waals surface area contributed by atoms with Gasteiger partial charge in [0.1, 0.15) is 11.7 Å². The summed E-state index contributed by atoms with van der Waals surface area (Å²) in [5.74, 6) is -0.0648. The highest BCUT2D eigenvalue weighted by Gasteiger charge is 2.62. The van der Waals surface area contributed by atoms with Crippen LogP contribution in [0.2, 0.25) is 0 Å². The second kappa shape index (κ2) is 2.89. The Kier molecular flexibility index (Phi) is 1.87. The highest BCUT2D eigenvalue weighted by Crippen LogP contribution is 2.56. The summed E-state index contributed by atoms with van der Waals surface area (Å²) in [6, 6.07) is 0. The molecule has 0 unspecified atom stereocenters. The van der Waals surface area contributed by atoms with Crippen molar-refractivity contribution in [3.8, 4) is 0 Å². The topological polar surface area (TPSA) is 46.5 Å². The molecule has 3 atom stereocenters. The molecule has 1 N–H and O–H groups in total. The zero-order valence-corrected chi connectivity index (χ0v) is 9.82. The van der Waals surface area contributed by atoms with Gasteiger partial charge in [-0.3, -0.25) is 4.79 Å². The Hall–Kier alpha value is -0.830. The van der Waals surface area contributed by atoms with E-state index in [1.807, 2.05) is 0 Å². The van der Waals surface area contributed by atoms with Crippen molar-refractivity contribution < 1.29 is 14.6 Å². The van der Waals surface area contributed by atoms with Crippen LogP contribution in [0.3, 0.4) is 0 Å². The summed E-state index contributed by atoms with van der Waals surface area (Å²) < 4.78 is 5.35. The number of hydrogen-bond acceptors (Lipinski definition) is 3. The summed E-state index contributed by atoms with van der Waals surface area (Å²) in [4.78, 5) is 11.3. The van der Waals surface area contributed by atoms with E-state index in [1.54, 1.807) is 0 Å². The molecule has 0 aromatic carbocycles. The predicted molar refractivity (Wildman–Crippen MR) is 58.7 cm³/mol. The first kappa shape index (κ1) is 10.3. The molecule has 3 aliphatic rings. The third kappa shape index (κ3) is 1.05. The standard InChI is InChI=1S/C13H18O3/c1-12(2)5-3-4-9-6-8-7-10(14)16-11(8)13(9,12)15/h6,8,11,15H,3-5,7H2,1-2H3/t8-,11+,13-/m1/s1. The fraction of sp³-hybridized carbons (Fsp3) is 0.769. The molecule has 0 aromatic heterocycles. The maximum Gasteiger partial charge on any atom is 0.306 e. The van der Waals surface area contributed by atoms with Crippen molar-refractivity contribution >= 4 is 5.97 Å². The van der Waals surface area contributed by atoms with Gasteiger partial charge < -0.3 is 9.84 Å². The minimum Gasteiger partial charge on any atom is -0.458 e. The SMILES string of the molecule is CC1(C)CCCC2=C[C@@H]3CC(=O)O[C@@H]3[C@]21O. The van der Waals surface area contributed by atoms with Crippen LogP contribution in [-0.4, -0.2) is 22.8 Å². The van der Waals surface area contributed by atoms with E-state index in [0.29, 0.717) is 6.42 Å². The average Bonchev–Trinajstić information content (AvgIpc) is 2.65. The summed E-state index contributed by atoms with van der Waals surface area (Å²) in [5.41, 5.74) is -0.00493. The number of carbonyl (C=O) groups is 1. The van der Waals surface area contributed by atoms with E-state index in [4.69, 9.17) is 4.74 Å². The van der Waals surface area contributed by atoms with Gasteiger partial charge >= 0.3 is 5.97 Å². The molecule has 2 aliphatic carbocycles. The Morgan fingerprint density at radius 1 is 1.50 bits per heavy atom. The number of hydrogen-bond donors (Lipinski definition) is 1. The van der Waals surface area contributed by atoms with E-state index in [1.165, 1.54) is 0 Å². The van der Waals surface area contributed by atoms with Crippen LogP contribution >= 0.6 is 0 Å². The van der Waals surface area contributed by atoms with Crippen LogP contribution in [0.1, 0.15) is 39.5 Å². The number of esters is 1. The lowest BCUT2D eigenvalue weighted by Crippen LogP contribution is -2.55. The van der Waals surface area contributed by atoms with Gasteiger partial charge in [0.2, 0.25) is 0 Å². The highest BCUT2D eigenvalue weighted by molar-refractivity contribution is 5.74. The second-order valence-electron chi connectivity index (χ2n) is 5.97. The molecular weight excluding hydrogens is 204 g/mol. The largest absolute Gasteiger partial charge is 0.458 e. The smallest absolute Gasteiger partial charge is 0.306 e. The lowest BCUT2D eigenvalue weighted by molar-refractivity contribution is -0.165. The molecule has 1 heterocycles. The van der Waals surface area contributed by atoms with Crippen LogP contribution in [0, 0.1) is 11.3 Å². The fourth-order valence-electron chi connectivity index (χ4n) is 3.69. The van der Waals surface area contributed by atoms with E-state index in [-0.39, 0.29) is 23.4 Å². The molecule has 0 radical (unpaired) electrons. The lowest BCUT2D eigenvalue weighted by Gasteiger charge is -2.48. The highest BCUT2D eigenvalue weighted by atomic mass is 16.6. The molecule has 1 saturated carbocycles. The lowest BCUT2D eigenvalue weighted by atomic mass is 9.62. The molecule has 1 aliphatic heterocycles. The number of aliphatic hydroxyl groups is 1. The quantitative estimate of drug-likeness (QED) is 0.502. The number of fused-ring (bicyclic) bond motifs is 3. The van der Waals surface area contributed by atoms with Crippen LogP contribution in [-0.2, 0) is 9.53 Å². The Morgan fingerprint density at radius 3 is 3.00 bits per heavy atom. The van der Waals surface area contributed by atoms with Gasteiger partial charge in [-0.25, -0.2) is 0 Å². The summed E-state index contributed by atoms with van der Waals surface area (Å²) in [6.45, 7) is 4.16. The van der Waals surface area contributed by atoms with E-state index < -0.39 is 5.60 Å². The molecule has 0 aromatic rings. The molecule has 3 nitrogen and oxygen atoms in total. The monoisotopic (exact) mass is 222 g/mol. The summed E-state index contributed by atoms with van der Waals surface area (Å²) >= 11 is 0.